The molecule has 0 saturated heterocycles. The summed E-state index contributed by atoms with van der Waals surface area (Å²) in [5.74, 6) is 0. The molecule has 0 aromatic heterocycles. The SMILES string of the molecule is CC.CC.CI.NCc1ccccc1. The molecular formula is C12H24IN. The van der Waals surface area contributed by atoms with E-state index in [1.807, 2.05) is 63.0 Å². The van der Waals surface area contributed by atoms with Crippen LogP contribution >= 0.6 is 22.6 Å². The van der Waals surface area contributed by atoms with Gasteiger partial charge < -0.3 is 5.73 Å². The molecule has 0 heterocycles. The quantitative estimate of drug-likeness (QED) is 0.609. The molecule has 0 atom stereocenters. The van der Waals surface area contributed by atoms with Gasteiger partial charge in [-0.3, -0.25) is 0 Å². The van der Waals surface area contributed by atoms with Crippen molar-refractivity contribution in [2.75, 3.05) is 4.93 Å². The molecule has 1 rings (SSSR count). The molecule has 0 aliphatic carbocycles. The number of hydrogen-bond donors (Lipinski definition) is 1. The maximum Gasteiger partial charge on any atom is 0.0178 e. The van der Waals surface area contributed by atoms with Crippen LogP contribution in [0.1, 0.15) is 33.3 Å². The Morgan fingerprint density at radius 3 is 1.50 bits per heavy atom. The van der Waals surface area contributed by atoms with E-state index < -0.39 is 0 Å². The number of halogens is 1. The summed E-state index contributed by atoms with van der Waals surface area (Å²) >= 11 is 2.15. The summed E-state index contributed by atoms with van der Waals surface area (Å²) in [5, 5.41) is 0. The van der Waals surface area contributed by atoms with Gasteiger partial charge in [0.15, 0.2) is 0 Å². The van der Waals surface area contributed by atoms with Crippen LogP contribution in [0.4, 0.5) is 0 Å². The van der Waals surface area contributed by atoms with Gasteiger partial charge in [-0.05, 0) is 10.5 Å². The molecule has 1 nitrogen and oxygen atoms in total. The lowest BCUT2D eigenvalue weighted by Crippen LogP contribution is -1.94. The predicted molar refractivity (Wildman–Crippen MR) is 77.0 cm³/mol. The summed E-state index contributed by atoms with van der Waals surface area (Å²) in [7, 11) is 0. The Labute approximate surface area is 103 Å². The molecule has 0 unspecified atom stereocenters. The third kappa shape index (κ3) is 14.4. The molecule has 2 heteroatoms. The van der Waals surface area contributed by atoms with Crippen molar-refractivity contribution >= 4 is 22.6 Å². The van der Waals surface area contributed by atoms with Crippen LogP contribution in [-0.4, -0.2) is 4.93 Å². The summed E-state index contributed by atoms with van der Waals surface area (Å²) in [5.41, 5.74) is 6.54. The van der Waals surface area contributed by atoms with Crippen molar-refractivity contribution in [3.63, 3.8) is 0 Å². The molecule has 1 aromatic carbocycles. The van der Waals surface area contributed by atoms with Gasteiger partial charge in [0.1, 0.15) is 0 Å². The Morgan fingerprint density at radius 2 is 1.29 bits per heavy atom. The van der Waals surface area contributed by atoms with Crippen LogP contribution in [0.5, 0.6) is 0 Å². The number of rotatable bonds is 1. The summed E-state index contributed by atoms with van der Waals surface area (Å²) in [6.45, 7) is 8.64. The molecule has 0 fully saturated rings. The first-order chi connectivity index (χ1) is 6.93. The van der Waals surface area contributed by atoms with Crippen molar-refractivity contribution in [3.8, 4) is 0 Å². The molecule has 0 aliphatic rings. The maximum absolute atomic E-state index is 5.35. The van der Waals surface area contributed by atoms with Crippen molar-refractivity contribution in [2.24, 2.45) is 5.73 Å². The summed E-state index contributed by atoms with van der Waals surface area (Å²) < 4.78 is 0. The normalized spacial score (nSPS) is 6.50. The van der Waals surface area contributed by atoms with Gasteiger partial charge in [-0.1, -0.05) is 80.6 Å². The zero-order valence-corrected chi connectivity index (χ0v) is 12.2. The first-order valence-electron chi connectivity index (χ1n) is 5.05. The van der Waals surface area contributed by atoms with E-state index in [0.29, 0.717) is 6.54 Å². The minimum Gasteiger partial charge on any atom is -0.326 e. The van der Waals surface area contributed by atoms with Crippen LogP contribution in [0.15, 0.2) is 30.3 Å². The Kier molecular flexibility index (Phi) is 32.1. The van der Waals surface area contributed by atoms with Gasteiger partial charge in [0.05, 0.1) is 0 Å². The molecule has 0 amide bonds. The standard InChI is InChI=1S/C7H9N.2C2H6.CH3I/c8-6-7-4-2-1-3-5-7;3*1-2/h1-5H,6,8H2;2*1-2H3;1H3. The highest BCUT2D eigenvalue weighted by atomic mass is 127. The zero-order valence-electron chi connectivity index (χ0n) is 10.0. The van der Waals surface area contributed by atoms with Crippen LogP contribution in [0.3, 0.4) is 0 Å². The molecule has 84 valence electrons. The van der Waals surface area contributed by atoms with E-state index in [0.717, 1.165) is 0 Å². The van der Waals surface area contributed by atoms with E-state index in [4.69, 9.17) is 5.73 Å². The largest absolute Gasteiger partial charge is 0.326 e. The Bertz CT molecular complexity index is 152. The van der Waals surface area contributed by atoms with Gasteiger partial charge in [-0.15, -0.1) is 0 Å². The molecular weight excluding hydrogens is 285 g/mol. The van der Waals surface area contributed by atoms with E-state index in [2.05, 4.69) is 22.6 Å². The van der Waals surface area contributed by atoms with E-state index in [9.17, 15) is 0 Å². The highest BCUT2D eigenvalue weighted by molar-refractivity contribution is 14.1. The Morgan fingerprint density at radius 1 is 0.929 bits per heavy atom. The van der Waals surface area contributed by atoms with Crippen molar-refractivity contribution in [2.45, 2.75) is 34.2 Å². The lowest BCUT2D eigenvalue weighted by atomic mass is 10.2. The highest BCUT2D eigenvalue weighted by Gasteiger charge is 1.80. The summed E-state index contributed by atoms with van der Waals surface area (Å²) in [4.78, 5) is 1.97. The minimum absolute atomic E-state index is 0.640. The second kappa shape index (κ2) is 23.1. The second-order valence-electron chi connectivity index (χ2n) is 1.69. The Hall–Kier alpha value is -0.0900. The third-order valence-electron chi connectivity index (χ3n) is 1.08. The molecule has 1 aromatic rings. The molecule has 0 spiro atoms. The van der Waals surface area contributed by atoms with Crippen molar-refractivity contribution in [1.29, 1.82) is 0 Å². The van der Waals surface area contributed by atoms with E-state index in [1.54, 1.807) is 0 Å². The molecule has 0 saturated carbocycles. The predicted octanol–water partition coefficient (Wildman–Crippen LogP) is 4.25. The van der Waals surface area contributed by atoms with Crippen molar-refractivity contribution in [1.82, 2.24) is 0 Å². The minimum atomic E-state index is 0.640. The Balaban J connectivity index is -0.000000174. The fourth-order valence-electron chi connectivity index (χ4n) is 0.614. The van der Waals surface area contributed by atoms with E-state index in [-0.39, 0.29) is 0 Å². The van der Waals surface area contributed by atoms with Crippen LogP contribution in [0, 0.1) is 0 Å². The fraction of sp³-hybridized carbons (Fsp3) is 0.500. The maximum atomic E-state index is 5.35. The second-order valence-corrected chi connectivity index (χ2v) is 1.69. The van der Waals surface area contributed by atoms with Gasteiger partial charge in [0.25, 0.3) is 0 Å². The molecule has 0 aliphatic heterocycles. The highest BCUT2D eigenvalue weighted by Crippen LogP contribution is 1.94. The van der Waals surface area contributed by atoms with Crippen LogP contribution in [0.25, 0.3) is 0 Å². The molecule has 14 heavy (non-hydrogen) atoms. The topological polar surface area (TPSA) is 26.0 Å². The first kappa shape index (κ1) is 19.5. The molecule has 0 radical (unpaired) electrons. The van der Waals surface area contributed by atoms with E-state index in [1.165, 1.54) is 5.56 Å². The smallest absolute Gasteiger partial charge is 0.0178 e. The average Bonchev–Trinajstić information content (AvgIpc) is 2.37. The van der Waals surface area contributed by atoms with Crippen LogP contribution in [0.2, 0.25) is 0 Å². The van der Waals surface area contributed by atoms with Crippen molar-refractivity contribution < 1.29 is 0 Å². The number of benzene rings is 1. The lowest BCUT2D eigenvalue weighted by Gasteiger charge is -1.90. The fourth-order valence-corrected chi connectivity index (χ4v) is 0.614. The monoisotopic (exact) mass is 309 g/mol. The van der Waals surface area contributed by atoms with E-state index >= 15 is 0 Å². The van der Waals surface area contributed by atoms with Gasteiger partial charge >= 0.3 is 0 Å². The van der Waals surface area contributed by atoms with Crippen LogP contribution in [-0.2, 0) is 6.54 Å². The third-order valence-corrected chi connectivity index (χ3v) is 1.08. The van der Waals surface area contributed by atoms with Gasteiger partial charge in [0, 0.05) is 6.54 Å². The number of alkyl halides is 1. The first-order valence-corrected chi connectivity index (χ1v) is 7.21. The van der Waals surface area contributed by atoms with Crippen molar-refractivity contribution in [3.05, 3.63) is 35.9 Å². The van der Waals surface area contributed by atoms with Crippen LogP contribution < -0.4 is 5.73 Å². The summed E-state index contributed by atoms with van der Waals surface area (Å²) in [6.07, 6.45) is 0. The number of nitrogens with two attached hydrogens (primary N) is 1. The zero-order chi connectivity index (χ0) is 11.8. The van der Waals surface area contributed by atoms with Gasteiger partial charge in [-0.25, -0.2) is 0 Å². The van der Waals surface area contributed by atoms with Gasteiger partial charge in [0.2, 0.25) is 0 Å². The molecule has 0 bridgehead atoms. The average molecular weight is 309 g/mol. The number of hydrogen-bond acceptors (Lipinski definition) is 1. The lowest BCUT2D eigenvalue weighted by molar-refractivity contribution is 1.07. The van der Waals surface area contributed by atoms with Gasteiger partial charge in [-0.2, -0.15) is 0 Å². The summed E-state index contributed by atoms with van der Waals surface area (Å²) in [6, 6.07) is 9.99. The molecule has 2 N–H and O–H groups in total.